The monoisotopic (exact) mass is 388 g/mol. The van der Waals surface area contributed by atoms with E-state index in [-0.39, 0.29) is 17.0 Å². The van der Waals surface area contributed by atoms with Gasteiger partial charge in [-0.25, -0.2) is 4.79 Å². The number of urea groups is 1. The minimum absolute atomic E-state index is 0.0849. The molecule has 2 atom stereocenters. The number of hydrogen-bond acceptors (Lipinski definition) is 2. The first kappa shape index (κ1) is 17.0. The highest BCUT2D eigenvalue weighted by Gasteiger charge is 2.37. The van der Waals surface area contributed by atoms with Crippen LogP contribution in [0.15, 0.2) is 54.6 Å². The molecule has 24 heavy (non-hydrogen) atoms. The van der Waals surface area contributed by atoms with Gasteiger partial charge >= 0.3 is 6.03 Å². The molecule has 0 aliphatic carbocycles. The van der Waals surface area contributed by atoms with Gasteiger partial charge in [-0.15, -0.1) is 0 Å². The van der Waals surface area contributed by atoms with Crippen LogP contribution in [-0.2, 0) is 11.3 Å². The Labute approximate surface area is 151 Å². The van der Waals surface area contributed by atoms with Crippen molar-refractivity contribution in [1.29, 1.82) is 0 Å². The van der Waals surface area contributed by atoms with E-state index < -0.39 is 0 Å². The molecule has 2 unspecified atom stereocenters. The Balaban J connectivity index is 2.12. The van der Waals surface area contributed by atoms with E-state index in [1.54, 1.807) is 12.0 Å². The Morgan fingerprint density at radius 3 is 2.50 bits per heavy atom. The summed E-state index contributed by atoms with van der Waals surface area (Å²) in [6.07, 6.45) is 1.51. The van der Waals surface area contributed by atoms with Gasteiger partial charge in [-0.2, -0.15) is 5.06 Å². The number of hydroxylamine groups is 2. The average molecular weight is 389 g/mol. The van der Waals surface area contributed by atoms with Crippen LogP contribution in [0.2, 0.25) is 0 Å². The number of rotatable bonds is 4. The predicted molar refractivity (Wildman–Crippen MR) is 99.1 cm³/mol. The molecule has 2 aromatic carbocycles. The summed E-state index contributed by atoms with van der Waals surface area (Å²) < 4.78 is 0. The second kappa shape index (κ2) is 7.36. The van der Waals surface area contributed by atoms with Crippen molar-refractivity contribution in [3.8, 4) is 0 Å². The zero-order chi connectivity index (χ0) is 17.1. The first-order chi connectivity index (χ1) is 11.7. The number of para-hydroxylation sites is 1. The number of fused-ring (bicyclic) bond motifs is 1. The maximum absolute atomic E-state index is 13.2. The third-order valence-electron chi connectivity index (χ3n) is 4.34. The smallest absolute Gasteiger partial charge is 0.279 e. The van der Waals surface area contributed by atoms with E-state index in [0.717, 1.165) is 23.2 Å². The number of hydrogen-bond donors (Lipinski definition) is 0. The molecule has 0 saturated heterocycles. The largest absolute Gasteiger partial charge is 0.349 e. The molecular formula is C19H21BrN2O2. The highest BCUT2D eigenvalue weighted by Crippen LogP contribution is 2.37. The van der Waals surface area contributed by atoms with Crippen molar-refractivity contribution in [2.45, 2.75) is 30.8 Å². The fraction of sp³-hybridized carbons (Fsp3) is 0.316. The van der Waals surface area contributed by atoms with Crippen LogP contribution in [0.4, 0.5) is 10.5 Å². The third kappa shape index (κ3) is 3.06. The van der Waals surface area contributed by atoms with Crippen LogP contribution in [0.5, 0.6) is 0 Å². The fourth-order valence-corrected chi connectivity index (χ4v) is 3.54. The molecule has 0 bridgehead atoms. The summed E-state index contributed by atoms with van der Waals surface area (Å²) in [5, 5.41) is 1.49. The first-order valence-corrected chi connectivity index (χ1v) is 9.02. The maximum Gasteiger partial charge on any atom is 0.349 e. The van der Waals surface area contributed by atoms with Gasteiger partial charge in [0.05, 0.1) is 18.1 Å². The highest BCUT2D eigenvalue weighted by atomic mass is 79.9. The van der Waals surface area contributed by atoms with Crippen molar-refractivity contribution in [2.24, 2.45) is 0 Å². The summed E-state index contributed by atoms with van der Waals surface area (Å²) in [6, 6.07) is 17.8. The fourth-order valence-electron chi connectivity index (χ4n) is 3.14. The van der Waals surface area contributed by atoms with E-state index in [1.165, 1.54) is 5.06 Å². The number of anilines is 1. The van der Waals surface area contributed by atoms with Crippen LogP contribution in [0.3, 0.4) is 0 Å². The number of carbonyl (C=O) groups excluding carboxylic acids is 1. The minimum atomic E-state index is -0.161. The lowest BCUT2D eigenvalue weighted by Crippen LogP contribution is -2.46. The van der Waals surface area contributed by atoms with E-state index in [9.17, 15) is 4.79 Å². The molecule has 2 aromatic rings. The Hall–Kier alpha value is -1.85. The lowest BCUT2D eigenvalue weighted by atomic mass is 9.98. The van der Waals surface area contributed by atoms with Gasteiger partial charge in [0.15, 0.2) is 0 Å². The summed E-state index contributed by atoms with van der Waals surface area (Å²) in [4.78, 5) is 20.4. The van der Waals surface area contributed by atoms with Gasteiger partial charge in [0.25, 0.3) is 0 Å². The molecule has 5 heteroatoms. The van der Waals surface area contributed by atoms with Crippen LogP contribution in [0, 0.1) is 0 Å². The SMILES string of the molecule is CCC(Br)N1C(=O)N(OC)C(c2ccccc2)Cc2ccccc21. The van der Waals surface area contributed by atoms with Gasteiger partial charge < -0.3 is 0 Å². The molecule has 1 heterocycles. The Bertz CT molecular complexity index is 708. The molecule has 4 nitrogen and oxygen atoms in total. The second-order valence-electron chi connectivity index (χ2n) is 5.76. The van der Waals surface area contributed by atoms with Gasteiger partial charge in [0.1, 0.15) is 0 Å². The summed E-state index contributed by atoms with van der Waals surface area (Å²) in [5.74, 6) is 0. The van der Waals surface area contributed by atoms with Gasteiger partial charge in [-0.3, -0.25) is 9.74 Å². The average Bonchev–Trinajstić information content (AvgIpc) is 2.75. The lowest BCUT2D eigenvalue weighted by Gasteiger charge is -2.33. The van der Waals surface area contributed by atoms with E-state index in [0.29, 0.717) is 6.42 Å². The Morgan fingerprint density at radius 2 is 1.83 bits per heavy atom. The molecule has 0 aromatic heterocycles. The zero-order valence-electron chi connectivity index (χ0n) is 13.9. The van der Waals surface area contributed by atoms with Crippen LogP contribution in [-0.4, -0.2) is 23.2 Å². The van der Waals surface area contributed by atoms with E-state index in [4.69, 9.17) is 4.84 Å². The molecule has 0 spiro atoms. The molecule has 0 fully saturated rings. The van der Waals surface area contributed by atoms with Gasteiger partial charge in [0.2, 0.25) is 0 Å². The molecular weight excluding hydrogens is 368 g/mol. The molecule has 126 valence electrons. The third-order valence-corrected chi connectivity index (χ3v) is 5.40. The maximum atomic E-state index is 13.2. The van der Waals surface area contributed by atoms with Gasteiger partial charge in [0, 0.05) is 12.1 Å². The van der Waals surface area contributed by atoms with E-state index in [2.05, 4.69) is 22.0 Å². The summed E-state index contributed by atoms with van der Waals surface area (Å²) in [5.41, 5.74) is 3.14. The molecule has 2 amide bonds. The number of benzene rings is 2. The minimum Gasteiger partial charge on any atom is -0.279 e. The first-order valence-electron chi connectivity index (χ1n) is 8.10. The van der Waals surface area contributed by atoms with Crippen molar-refractivity contribution in [3.05, 3.63) is 65.7 Å². The molecule has 1 aliphatic heterocycles. The van der Waals surface area contributed by atoms with E-state index >= 15 is 0 Å². The summed E-state index contributed by atoms with van der Waals surface area (Å²) >= 11 is 3.64. The number of carbonyl (C=O) groups is 1. The Morgan fingerprint density at radius 1 is 1.17 bits per heavy atom. The lowest BCUT2D eigenvalue weighted by molar-refractivity contribution is -0.115. The van der Waals surface area contributed by atoms with E-state index in [1.807, 2.05) is 55.5 Å². The van der Waals surface area contributed by atoms with Crippen LogP contribution in [0.25, 0.3) is 0 Å². The summed E-state index contributed by atoms with van der Waals surface area (Å²) in [6.45, 7) is 2.05. The molecule has 1 aliphatic rings. The van der Waals surface area contributed by atoms with Crippen molar-refractivity contribution < 1.29 is 9.63 Å². The van der Waals surface area contributed by atoms with Crippen molar-refractivity contribution in [2.75, 3.05) is 12.0 Å². The molecule has 0 N–H and O–H groups in total. The van der Waals surface area contributed by atoms with Crippen LogP contribution in [0.1, 0.15) is 30.5 Å². The van der Waals surface area contributed by atoms with Crippen molar-refractivity contribution >= 4 is 27.6 Å². The topological polar surface area (TPSA) is 32.8 Å². The van der Waals surface area contributed by atoms with Crippen LogP contribution >= 0.6 is 15.9 Å². The highest BCUT2D eigenvalue weighted by molar-refractivity contribution is 9.09. The standard InChI is InChI=1S/C19H21BrN2O2/c1-3-18(20)21-16-12-8-7-11-15(16)13-17(22(24-2)19(21)23)14-9-5-4-6-10-14/h4-12,17-18H,3,13H2,1-2H3. The summed E-state index contributed by atoms with van der Waals surface area (Å²) in [7, 11) is 1.55. The normalized spacial score (nSPS) is 19.0. The predicted octanol–water partition coefficient (Wildman–Crippen LogP) is 4.90. The number of nitrogens with zero attached hydrogens (tertiary/aromatic N) is 2. The van der Waals surface area contributed by atoms with Gasteiger partial charge in [-0.05, 0) is 23.6 Å². The van der Waals surface area contributed by atoms with Crippen molar-refractivity contribution in [1.82, 2.24) is 5.06 Å². The second-order valence-corrected chi connectivity index (χ2v) is 6.82. The van der Waals surface area contributed by atoms with Gasteiger partial charge in [-0.1, -0.05) is 71.4 Å². The molecule has 0 radical (unpaired) electrons. The Kier molecular flexibility index (Phi) is 5.21. The zero-order valence-corrected chi connectivity index (χ0v) is 15.4. The van der Waals surface area contributed by atoms with Crippen molar-refractivity contribution in [3.63, 3.8) is 0 Å². The van der Waals surface area contributed by atoms with Crippen LogP contribution < -0.4 is 4.90 Å². The quantitative estimate of drug-likeness (QED) is 0.550. The number of amides is 2. The number of alkyl halides is 1. The molecule has 3 rings (SSSR count). The number of halogens is 1. The molecule has 0 saturated carbocycles.